The normalized spacial score (nSPS) is 28.2. The van der Waals surface area contributed by atoms with Gasteiger partial charge in [0, 0.05) is 37.1 Å². The van der Waals surface area contributed by atoms with Crippen LogP contribution in [0.4, 0.5) is 5.95 Å². The predicted octanol–water partition coefficient (Wildman–Crippen LogP) is 1.28. The highest BCUT2D eigenvalue weighted by Gasteiger charge is 2.36. The van der Waals surface area contributed by atoms with Crippen molar-refractivity contribution in [2.75, 3.05) is 24.5 Å². The van der Waals surface area contributed by atoms with Crippen molar-refractivity contribution in [1.29, 1.82) is 0 Å². The molecule has 0 radical (unpaired) electrons. The lowest BCUT2D eigenvalue weighted by atomic mass is 9.92. The van der Waals surface area contributed by atoms with Crippen molar-refractivity contribution in [3.05, 3.63) is 17.5 Å². The molecule has 3 rings (SSSR count). The first-order valence-corrected chi connectivity index (χ1v) is 6.53. The maximum atomic E-state index is 4.61. The van der Waals surface area contributed by atoms with Gasteiger partial charge in [-0.15, -0.1) is 0 Å². The molecule has 2 aliphatic heterocycles. The molecule has 0 aromatic carbocycles. The average molecular weight is 232 g/mol. The minimum atomic E-state index is 0.602. The molecule has 3 heterocycles. The van der Waals surface area contributed by atoms with E-state index in [1.54, 1.807) is 0 Å². The Hall–Kier alpha value is -1.16. The molecule has 92 valence electrons. The Morgan fingerprint density at radius 2 is 2.00 bits per heavy atom. The van der Waals surface area contributed by atoms with E-state index in [0.29, 0.717) is 6.04 Å². The van der Waals surface area contributed by atoms with Crippen molar-refractivity contribution in [3.63, 3.8) is 0 Å². The van der Waals surface area contributed by atoms with E-state index < -0.39 is 0 Å². The second kappa shape index (κ2) is 4.26. The predicted molar refractivity (Wildman–Crippen MR) is 68.2 cm³/mol. The number of fused-ring (bicyclic) bond motifs is 1. The summed E-state index contributed by atoms with van der Waals surface area (Å²) in [6.45, 7) is 7.44. The van der Waals surface area contributed by atoms with E-state index in [9.17, 15) is 0 Å². The molecule has 1 aromatic heterocycles. The summed E-state index contributed by atoms with van der Waals surface area (Å²) in [6, 6.07) is 2.64. The molecule has 2 saturated heterocycles. The zero-order chi connectivity index (χ0) is 11.8. The summed E-state index contributed by atoms with van der Waals surface area (Å²) >= 11 is 0. The molecule has 0 saturated carbocycles. The van der Waals surface area contributed by atoms with E-state index in [4.69, 9.17) is 0 Å². The minimum Gasteiger partial charge on any atom is -0.336 e. The second-order valence-corrected chi connectivity index (χ2v) is 5.27. The van der Waals surface area contributed by atoms with Crippen LogP contribution in [0, 0.1) is 19.8 Å². The summed E-state index contributed by atoms with van der Waals surface area (Å²) in [5.74, 6) is 1.72. The van der Waals surface area contributed by atoms with Crippen LogP contribution in [0.1, 0.15) is 24.2 Å². The van der Waals surface area contributed by atoms with Crippen LogP contribution < -0.4 is 10.2 Å². The number of aryl methyl sites for hydroxylation is 2. The van der Waals surface area contributed by atoms with Gasteiger partial charge in [-0.3, -0.25) is 0 Å². The number of rotatable bonds is 1. The highest BCUT2D eigenvalue weighted by Crippen LogP contribution is 2.29. The summed E-state index contributed by atoms with van der Waals surface area (Å²) in [6.07, 6.45) is 2.61. The zero-order valence-corrected chi connectivity index (χ0v) is 10.6. The number of hydrogen-bond donors (Lipinski definition) is 1. The lowest BCUT2D eigenvalue weighted by Crippen LogP contribution is -2.46. The van der Waals surface area contributed by atoms with Gasteiger partial charge in [0.05, 0.1) is 0 Å². The van der Waals surface area contributed by atoms with Crippen molar-refractivity contribution < 1.29 is 0 Å². The summed E-state index contributed by atoms with van der Waals surface area (Å²) in [5.41, 5.74) is 2.14. The van der Waals surface area contributed by atoms with E-state index in [2.05, 4.69) is 20.2 Å². The van der Waals surface area contributed by atoms with E-state index in [0.717, 1.165) is 42.9 Å². The van der Waals surface area contributed by atoms with Crippen LogP contribution in [-0.4, -0.2) is 35.6 Å². The molecular weight excluding hydrogens is 212 g/mol. The van der Waals surface area contributed by atoms with Crippen molar-refractivity contribution in [2.45, 2.75) is 32.7 Å². The first-order valence-electron chi connectivity index (χ1n) is 6.53. The van der Waals surface area contributed by atoms with Gasteiger partial charge in [0.1, 0.15) is 0 Å². The first-order chi connectivity index (χ1) is 8.24. The number of anilines is 1. The van der Waals surface area contributed by atoms with Gasteiger partial charge in [0.15, 0.2) is 0 Å². The van der Waals surface area contributed by atoms with Crippen LogP contribution in [0.3, 0.4) is 0 Å². The number of hydrogen-bond acceptors (Lipinski definition) is 4. The summed E-state index contributed by atoms with van der Waals surface area (Å²) < 4.78 is 0. The molecule has 0 amide bonds. The Morgan fingerprint density at radius 3 is 2.76 bits per heavy atom. The molecule has 4 heteroatoms. The molecule has 1 unspecified atom stereocenters. The lowest BCUT2D eigenvalue weighted by molar-refractivity contribution is 0.380. The van der Waals surface area contributed by atoms with Gasteiger partial charge in [-0.05, 0) is 38.7 Å². The molecule has 2 fully saturated rings. The van der Waals surface area contributed by atoms with Gasteiger partial charge >= 0.3 is 0 Å². The maximum absolute atomic E-state index is 4.61. The van der Waals surface area contributed by atoms with Crippen molar-refractivity contribution in [2.24, 2.45) is 5.92 Å². The molecule has 2 aliphatic rings. The van der Waals surface area contributed by atoms with Crippen molar-refractivity contribution >= 4 is 5.95 Å². The monoisotopic (exact) mass is 232 g/mol. The molecule has 2 atom stereocenters. The first kappa shape index (κ1) is 11.0. The van der Waals surface area contributed by atoms with Gasteiger partial charge in [-0.1, -0.05) is 0 Å². The molecule has 0 bridgehead atoms. The highest BCUT2D eigenvalue weighted by atomic mass is 15.3. The van der Waals surface area contributed by atoms with E-state index in [1.165, 1.54) is 12.8 Å². The largest absolute Gasteiger partial charge is 0.336 e. The Labute approximate surface area is 102 Å². The van der Waals surface area contributed by atoms with Crippen LogP contribution in [0.5, 0.6) is 0 Å². The molecule has 4 nitrogen and oxygen atoms in total. The standard InChI is InChI=1S/C13H20N4/c1-9-6-10(2)16-13(15-9)17-5-3-4-11-7-14-8-12(11)17/h6,11-12,14H,3-5,7-8H2,1-2H3/t11-,12?/m1/s1. The smallest absolute Gasteiger partial charge is 0.226 e. The molecule has 0 aliphatic carbocycles. The third-order valence-electron chi connectivity index (χ3n) is 3.91. The average Bonchev–Trinajstić information content (AvgIpc) is 2.75. The summed E-state index contributed by atoms with van der Waals surface area (Å²) in [5, 5.41) is 3.50. The van der Waals surface area contributed by atoms with Crippen molar-refractivity contribution in [3.8, 4) is 0 Å². The minimum absolute atomic E-state index is 0.602. The fraction of sp³-hybridized carbons (Fsp3) is 0.692. The van der Waals surface area contributed by atoms with Crippen molar-refractivity contribution in [1.82, 2.24) is 15.3 Å². The third kappa shape index (κ3) is 2.02. The fourth-order valence-corrected chi connectivity index (χ4v) is 3.15. The Morgan fingerprint density at radius 1 is 1.24 bits per heavy atom. The zero-order valence-electron chi connectivity index (χ0n) is 10.6. The van der Waals surface area contributed by atoms with E-state index in [1.807, 2.05) is 19.9 Å². The summed E-state index contributed by atoms with van der Waals surface area (Å²) in [7, 11) is 0. The third-order valence-corrected chi connectivity index (χ3v) is 3.91. The highest BCUT2D eigenvalue weighted by molar-refractivity contribution is 5.36. The Balaban J connectivity index is 1.91. The van der Waals surface area contributed by atoms with Gasteiger partial charge < -0.3 is 10.2 Å². The summed E-state index contributed by atoms with van der Waals surface area (Å²) in [4.78, 5) is 11.6. The van der Waals surface area contributed by atoms with Crippen LogP contribution in [0.15, 0.2) is 6.07 Å². The van der Waals surface area contributed by atoms with Crippen LogP contribution in [0.25, 0.3) is 0 Å². The van der Waals surface area contributed by atoms with Gasteiger partial charge in [-0.2, -0.15) is 0 Å². The second-order valence-electron chi connectivity index (χ2n) is 5.27. The van der Waals surface area contributed by atoms with Crippen LogP contribution in [0.2, 0.25) is 0 Å². The maximum Gasteiger partial charge on any atom is 0.226 e. The van der Waals surface area contributed by atoms with Gasteiger partial charge in [-0.25, -0.2) is 9.97 Å². The molecule has 1 aromatic rings. The molecule has 17 heavy (non-hydrogen) atoms. The number of nitrogens with zero attached hydrogens (tertiary/aromatic N) is 3. The van der Waals surface area contributed by atoms with E-state index in [-0.39, 0.29) is 0 Å². The lowest BCUT2D eigenvalue weighted by Gasteiger charge is -2.37. The molecular formula is C13H20N4. The molecule has 0 spiro atoms. The van der Waals surface area contributed by atoms with E-state index >= 15 is 0 Å². The molecule has 1 N–H and O–H groups in total. The Kier molecular flexibility index (Phi) is 2.74. The number of aromatic nitrogens is 2. The Bertz CT molecular complexity index is 398. The topological polar surface area (TPSA) is 41.1 Å². The SMILES string of the molecule is Cc1cc(C)nc(N2CCC[C@@H]3CNCC32)n1. The number of nitrogens with one attached hydrogen (secondary N) is 1. The quantitative estimate of drug-likeness (QED) is 0.792. The fourth-order valence-electron chi connectivity index (χ4n) is 3.15. The van der Waals surface area contributed by atoms with Gasteiger partial charge in [0.2, 0.25) is 5.95 Å². The van der Waals surface area contributed by atoms with Crippen LogP contribution in [-0.2, 0) is 0 Å². The van der Waals surface area contributed by atoms with Gasteiger partial charge in [0.25, 0.3) is 0 Å². The van der Waals surface area contributed by atoms with Crippen LogP contribution >= 0.6 is 0 Å². The number of piperidine rings is 1.